The van der Waals surface area contributed by atoms with E-state index in [0.29, 0.717) is 43.3 Å². The monoisotopic (exact) mass is 356 g/mol. The SMILES string of the molecule is CCc1ccc(OC)c(C(=O)N2CCCN(C(=O)c3ccco3)CC2)c1. The fraction of sp³-hybridized carbons (Fsp3) is 0.400. The van der Waals surface area contributed by atoms with Gasteiger partial charge in [-0.1, -0.05) is 13.0 Å². The number of amides is 2. The van der Waals surface area contributed by atoms with E-state index in [1.807, 2.05) is 18.2 Å². The van der Waals surface area contributed by atoms with E-state index in [2.05, 4.69) is 6.92 Å². The number of carbonyl (C=O) groups is 2. The van der Waals surface area contributed by atoms with Crippen molar-refractivity contribution in [2.45, 2.75) is 19.8 Å². The third-order valence-corrected chi connectivity index (χ3v) is 4.70. The van der Waals surface area contributed by atoms with Crippen molar-refractivity contribution in [1.29, 1.82) is 0 Å². The summed E-state index contributed by atoms with van der Waals surface area (Å²) in [6.07, 6.45) is 3.08. The fourth-order valence-corrected chi connectivity index (χ4v) is 3.19. The summed E-state index contributed by atoms with van der Waals surface area (Å²) in [5.41, 5.74) is 1.68. The van der Waals surface area contributed by atoms with Crippen LogP contribution in [0.15, 0.2) is 41.0 Å². The van der Waals surface area contributed by atoms with Gasteiger partial charge >= 0.3 is 0 Å². The predicted octanol–water partition coefficient (Wildman–Crippen LogP) is 2.84. The number of nitrogens with zero attached hydrogens (tertiary/aromatic N) is 2. The van der Waals surface area contributed by atoms with Crippen LogP contribution < -0.4 is 4.74 Å². The van der Waals surface area contributed by atoms with Crippen LogP contribution in [0, 0.1) is 0 Å². The van der Waals surface area contributed by atoms with Crippen molar-refractivity contribution in [1.82, 2.24) is 9.80 Å². The Balaban J connectivity index is 1.73. The molecule has 6 nitrogen and oxygen atoms in total. The normalized spacial score (nSPS) is 14.8. The highest BCUT2D eigenvalue weighted by Crippen LogP contribution is 2.23. The number of ether oxygens (including phenoxy) is 1. The highest BCUT2D eigenvalue weighted by atomic mass is 16.5. The Kier molecular flexibility index (Phi) is 5.61. The Morgan fingerprint density at radius 3 is 2.42 bits per heavy atom. The molecule has 0 saturated carbocycles. The molecule has 0 radical (unpaired) electrons. The maximum Gasteiger partial charge on any atom is 0.289 e. The minimum absolute atomic E-state index is 0.0514. The summed E-state index contributed by atoms with van der Waals surface area (Å²) in [7, 11) is 1.57. The number of aryl methyl sites for hydroxylation is 1. The van der Waals surface area contributed by atoms with Crippen molar-refractivity contribution < 1.29 is 18.7 Å². The highest BCUT2D eigenvalue weighted by molar-refractivity contribution is 5.97. The maximum atomic E-state index is 13.0. The molecule has 6 heteroatoms. The molecule has 0 unspecified atom stereocenters. The second-order valence-electron chi connectivity index (χ2n) is 6.30. The van der Waals surface area contributed by atoms with Gasteiger partial charge in [0.25, 0.3) is 11.8 Å². The van der Waals surface area contributed by atoms with Gasteiger partial charge in [-0.05, 0) is 42.7 Å². The van der Waals surface area contributed by atoms with Crippen molar-refractivity contribution >= 4 is 11.8 Å². The van der Waals surface area contributed by atoms with Gasteiger partial charge in [-0.3, -0.25) is 9.59 Å². The lowest BCUT2D eigenvalue weighted by atomic mass is 10.1. The van der Waals surface area contributed by atoms with Gasteiger partial charge in [-0.2, -0.15) is 0 Å². The van der Waals surface area contributed by atoms with E-state index in [1.54, 1.807) is 29.0 Å². The first-order chi connectivity index (χ1) is 12.6. The molecule has 1 aromatic carbocycles. The Labute approximate surface area is 153 Å². The molecule has 1 aliphatic heterocycles. The summed E-state index contributed by atoms with van der Waals surface area (Å²) < 4.78 is 10.6. The molecule has 0 atom stereocenters. The molecular weight excluding hydrogens is 332 g/mol. The van der Waals surface area contributed by atoms with E-state index in [4.69, 9.17) is 9.15 Å². The molecule has 2 aromatic rings. The van der Waals surface area contributed by atoms with Crippen molar-refractivity contribution in [3.63, 3.8) is 0 Å². The summed E-state index contributed by atoms with van der Waals surface area (Å²) in [6, 6.07) is 9.08. The summed E-state index contributed by atoms with van der Waals surface area (Å²) in [5.74, 6) is 0.737. The van der Waals surface area contributed by atoms with Crippen LogP contribution in [0.5, 0.6) is 5.75 Å². The topological polar surface area (TPSA) is 63.0 Å². The Morgan fingerprint density at radius 2 is 1.81 bits per heavy atom. The lowest BCUT2D eigenvalue weighted by Crippen LogP contribution is -2.37. The van der Waals surface area contributed by atoms with E-state index in [0.717, 1.165) is 18.4 Å². The average Bonchev–Trinajstić information content (AvgIpc) is 3.11. The predicted molar refractivity (Wildman–Crippen MR) is 97.5 cm³/mol. The maximum absolute atomic E-state index is 13.0. The van der Waals surface area contributed by atoms with Crippen molar-refractivity contribution in [2.75, 3.05) is 33.3 Å². The molecule has 2 heterocycles. The van der Waals surface area contributed by atoms with Crippen LogP contribution in [-0.4, -0.2) is 54.9 Å². The van der Waals surface area contributed by atoms with Crippen molar-refractivity contribution in [3.8, 4) is 5.75 Å². The quantitative estimate of drug-likeness (QED) is 0.845. The van der Waals surface area contributed by atoms with Crippen LogP contribution in [0.3, 0.4) is 0 Å². The number of furan rings is 1. The van der Waals surface area contributed by atoms with Crippen LogP contribution in [0.4, 0.5) is 0 Å². The first-order valence-electron chi connectivity index (χ1n) is 8.93. The van der Waals surface area contributed by atoms with Gasteiger partial charge in [0.05, 0.1) is 18.9 Å². The largest absolute Gasteiger partial charge is 0.496 e. The third-order valence-electron chi connectivity index (χ3n) is 4.70. The molecule has 3 rings (SSSR count). The summed E-state index contributed by atoms with van der Waals surface area (Å²) in [4.78, 5) is 29.0. The van der Waals surface area contributed by atoms with Crippen LogP contribution in [0.1, 0.15) is 39.8 Å². The molecule has 138 valence electrons. The van der Waals surface area contributed by atoms with Crippen LogP contribution >= 0.6 is 0 Å². The van der Waals surface area contributed by atoms with Crippen molar-refractivity contribution in [3.05, 3.63) is 53.5 Å². The smallest absolute Gasteiger partial charge is 0.289 e. The number of carbonyl (C=O) groups excluding carboxylic acids is 2. The Bertz CT molecular complexity index is 770. The van der Waals surface area contributed by atoms with Gasteiger partial charge in [-0.15, -0.1) is 0 Å². The summed E-state index contributed by atoms with van der Waals surface area (Å²) in [5, 5.41) is 0. The van der Waals surface area contributed by atoms with Crippen molar-refractivity contribution in [2.24, 2.45) is 0 Å². The number of methoxy groups -OCH3 is 1. The molecule has 1 aromatic heterocycles. The highest BCUT2D eigenvalue weighted by Gasteiger charge is 2.26. The summed E-state index contributed by atoms with van der Waals surface area (Å²) >= 11 is 0. The molecule has 26 heavy (non-hydrogen) atoms. The zero-order valence-electron chi connectivity index (χ0n) is 15.2. The third kappa shape index (κ3) is 3.74. The minimum atomic E-state index is -0.130. The van der Waals surface area contributed by atoms with Crippen LogP contribution in [-0.2, 0) is 6.42 Å². The van der Waals surface area contributed by atoms with E-state index >= 15 is 0 Å². The summed E-state index contributed by atoms with van der Waals surface area (Å²) in [6.45, 7) is 4.25. The average molecular weight is 356 g/mol. The van der Waals surface area contributed by atoms with Crippen LogP contribution in [0.25, 0.3) is 0 Å². The molecule has 0 spiro atoms. The van der Waals surface area contributed by atoms with Gasteiger partial charge in [0.15, 0.2) is 5.76 Å². The zero-order valence-corrected chi connectivity index (χ0v) is 15.2. The number of hydrogen-bond donors (Lipinski definition) is 0. The molecule has 2 amide bonds. The van der Waals surface area contributed by atoms with Gasteiger partial charge in [0.1, 0.15) is 5.75 Å². The number of rotatable bonds is 4. The number of benzene rings is 1. The lowest BCUT2D eigenvalue weighted by molar-refractivity contribution is 0.0699. The molecular formula is C20H24N2O4. The Morgan fingerprint density at radius 1 is 1.08 bits per heavy atom. The molecule has 1 aliphatic rings. The van der Waals surface area contributed by atoms with Gasteiger partial charge in [-0.25, -0.2) is 0 Å². The van der Waals surface area contributed by atoms with E-state index in [1.165, 1.54) is 6.26 Å². The molecule has 0 bridgehead atoms. The van der Waals surface area contributed by atoms with Crippen LogP contribution in [0.2, 0.25) is 0 Å². The second-order valence-corrected chi connectivity index (χ2v) is 6.30. The molecule has 1 fully saturated rings. The minimum Gasteiger partial charge on any atom is -0.496 e. The number of hydrogen-bond acceptors (Lipinski definition) is 4. The molecule has 0 N–H and O–H groups in total. The van der Waals surface area contributed by atoms with Gasteiger partial charge < -0.3 is 19.0 Å². The van der Waals surface area contributed by atoms with Gasteiger partial charge in [0.2, 0.25) is 0 Å². The first-order valence-corrected chi connectivity index (χ1v) is 8.93. The molecule has 1 saturated heterocycles. The van der Waals surface area contributed by atoms with E-state index < -0.39 is 0 Å². The fourth-order valence-electron chi connectivity index (χ4n) is 3.19. The van der Waals surface area contributed by atoms with E-state index in [9.17, 15) is 9.59 Å². The Hall–Kier alpha value is -2.76. The van der Waals surface area contributed by atoms with E-state index in [-0.39, 0.29) is 11.8 Å². The first kappa shape index (κ1) is 18.0. The second kappa shape index (κ2) is 8.08. The lowest BCUT2D eigenvalue weighted by Gasteiger charge is -2.22. The standard InChI is InChI=1S/C20H24N2O4/c1-3-15-7-8-17(25-2)16(14-15)19(23)21-9-5-10-22(12-11-21)20(24)18-6-4-13-26-18/h4,6-8,13-14H,3,5,9-12H2,1-2H3. The zero-order chi connectivity index (χ0) is 18.5. The van der Waals surface area contributed by atoms with Gasteiger partial charge in [0, 0.05) is 26.2 Å². The molecule has 0 aliphatic carbocycles.